The Morgan fingerprint density at radius 1 is 1.35 bits per heavy atom. The zero-order valence-corrected chi connectivity index (χ0v) is 12.6. The molecule has 0 aliphatic heterocycles. The van der Waals surface area contributed by atoms with Crippen LogP contribution in [0.4, 0.5) is 0 Å². The van der Waals surface area contributed by atoms with Crippen LogP contribution >= 0.6 is 0 Å². The summed E-state index contributed by atoms with van der Waals surface area (Å²) in [6.45, 7) is 2.62. The molecule has 20 heavy (non-hydrogen) atoms. The van der Waals surface area contributed by atoms with Crippen LogP contribution in [0.1, 0.15) is 51.2 Å². The number of hydrogen-bond donors (Lipinski definition) is 2. The Morgan fingerprint density at radius 3 is 2.65 bits per heavy atom. The van der Waals surface area contributed by atoms with E-state index in [1.165, 1.54) is 12.8 Å². The van der Waals surface area contributed by atoms with E-state index in [-0.39, 0.29) is 10.6 Å². The summed E-state index contributed by atoms with van der Waals surface area (Å²) >= 11 is 0. The first-order valence-corrected chi connectivity index (χ1v) is 8.87. The van der Waals surface area contributed by atoms with Gasteiger partial charge in [0.2, 0.25) is 5.09 Å². The molecule has 0 saturated heterocycles. The molecule has 5 nitrogen and oxygen atoms in total. The molecular formula is C14H22N2O3S. The molecule has 0 atom stereocenters. The second-order valence-corrected chi connectivity index (χ2v) is 7.58. The van der Waals surface area contributed by atoms with E-state index in [9.17, 15) is 8.42 Å². The Labute approximate surface area is 120 Å². The Hall–Kier alpha value is -0.850. The SMILES string of the molecule is CCC1(NS(=O)(=O)c2ccc(CNC3CC3)o2)CCC1. The average Bonchev–Trinajstić information content (AvgIpc) is 3.07. The summed E-state index contributed by atoms with van der Waals surface area (Å²) in [6.07, 6.45) is 6.14. The maximum absolute atomic E-state index is 12.3. The van der Waals surface area contributed by atoms with Crippen molar-refractivity contribution in [3.8, 4) is 0 Å². The van der Waals surface area contributed by atoms with Crippen LogP contribution in [0.5, 0.6) is 0 Å². The topological polar surface area (TPSA) is 71.3 Å². The van der Waals surface area contributed by atoms with Gasteiger partial charge in [-0.25, -0.2) is 13.1 Å². The minimum Gasteiger partial charge on any atom is -0.447 e. The molecule has 0 amide bonds. The lowest BCUT2D eigenvalue weighted by molar-refractivity contribution is 0.212. The van der Waals surface area contributed by atoms with Crippen LogP contribution in [-0.2, 0) is 16.6 Å². The van der Waals surface area contributed by atoms with Crippen molar-refractivity contribution in [2.24, 2.45) is 0 Å². The van der Waals surface area contributed by atoms with Crippen LogP contribution in [0.3, 0.4) is 0 Å². The molecule has 2 N–H and O–H groups in total. The van der Waals surface area contributed by atoms with Crippen LogP contribution in [0.2, 0.25) is 0 Å². The third-order valence-corrected chi connectivity index (χ3v) is 5.83. The number of sulfonamides is 1. The van der Waals surface area contributed by atoms with Crippen molar-refractivity contribution in [2.45, 2.75) is 68.7 Å². The van der Waals surface area contributed by atoms with Crippen LogP contribution < -0.4 is 10.0 Å². The molecule has 0 spiro atoms. The first-order valence-electron chi connectivity index (χ1n) is 7.39. The van der Waals surface area contributed by atoms with Gasteiger partial charge in [-0.2, -0.15) is 0 Å². The van der Waals surface area contributed by atoms with Crippen LogP contribution in [0.25, 0.3) is 0 Å². The van der Waals surface area contributed by atoms with Gasteiger partial charge in [-0.3, -0.25) is 0 Å². The fourth-order valence-electron chi connectivity index (χ4n) is 2.60. The molecule has 2 saturated carbocycles. The van der Waals surface area contributed by atoms with E-state index in [0.717, 1.165) is 25.7 Å². The standard InChI is InChI=1S/C14H22N2O3S/c1-2-14(8-3-9-14)16-20(17,18)13-7-6-12(19-13)10-15-11-4-5-11/h6-7,11,15-16H,2-5,8-10H2,1H3. The monoisotopic (exact) mass is 298 g/mol. The van der Waals surface area contributed by atoms with Gasteiger partial charge in [0.25, 0.3) is 10.0 Å². The van der Waals surface area contributed by atoms with Gasteiger partial charge < -0.3 is 9.73 Å². The highest BCUT2D eigenvalue weighted by atomic mass is 32.2. The summed E-state index contributed by atoms with van der Waals surface area (Å²) in [4.78, 5) is 0. The maximum atomic E-state index is 12.3. The Kier molecular flexibility index (Phi) is 3.64. The molecule has 3 rings (SSSR count). The molecule has 1 aromatic heterocycles. The number of furan rings is 1. The summed E-state index contributed by atoms with van der Waals surface area (Å²) in [5, 5.41) is 3.34. The zero-order valence-electron chi connectivity index (χ0n) is 11.8. The van der Waals surface area contributed by atoms with Gasteiger partial charge in [0.15, 0.2) is 0 Å². The molecule has 6 heteroatoms. The van der Waals surface area contributed by atoms with E-state index in [2.05, 4.69) is 10.0 Å². The molecule has 2 fully saturated rings. The smallest absolute Gasteiger partial charge is 0.274 e. The van der Waals surface area contributed by atoms with E-state index in [0.29, 0.717) is 18.3 Å². The zero-order chi connectivity index (χ0) is 14.2. The fraction of sp³-hybridized carbons (Fsp3) is 0.714. The van der Waals surface area contributed by atoms with Crippen molar-refractivity contribution in [3.05, 3.63) is 17.9 Å². The minimum absolute atomic E-state index is 0.0322. The largest absolute Gasteiger partial charge is 0.447 e. The highest BCUT2D eigenvalue weighted by Gasteiger charge is 2.39. The Balaban J connectivity index is 1.67. The predicted molar refractivity (Wildman–Crippen MR) is 75.8 cm³/mol. The molecule has 112 valence electrons. The van der Waals surface area contributed by atoms with Crippen LogP contribution in [0, 0.1) is 0 Å². The molecule has 0 unspecified atom stereocenters. The fourth-order valence-corrected chi connectivity index (χ4v) is 4.08. The van der Waals surface area contributed by atoms with Crippen molar-refractivity contribution >= 4 is 10.0 Å². The van der Waals surface area contributed by atoms with Crippen molar-refractivity contribution in [3.63, 3.8) is 0 Å². The third kappa shape index (κ3) is 2.92. The summed E-state index contributed by atoms with van der Waals surface area (Å²) in [7, 11) is -3.54. The van der Waals surface area contributed by atoms with E-state index >= 15 is 0 Å². The van der Waals surface area contributed by atoms with Crippen LogP contribution in [-0.4, -0.2) is 20.0 Å². The van der Waals surface area contributed by atoms with Crippen molar-refractivity contribution in [2.75, 3.05) is 0 Å². The minimum atomic E-state index is -3.54. The number of rotatable bonds is 7. The van der Waals surface area contributed by atoms with Crippen molar-refractivity contribution in [1.29, 1.82) is 0 Å². The summed E-state index contributed by atoms with van der Waals surface area (Å²) in [6, 6.07) is 3.87. The molecule has 0 radical (unpaired) electrons. The van der Waals surface area contributed by atoms with E-state index < -0.39 is 10.0 Å². The molecule has 0 bridgehead atoms. The molecular weight excluding hydrogens is 276 g/mol. The molecule has 1 aromatic rings. The highest BCUT2D eigenvalue weighted by molar-refractivity contribution is 7.89. The van der Waals surface area contributed by atoms with Gasteiger partial charge in [0.05, 0.1) is 6.54 Å². The Morgan fingerprint density at radius 2 is 2.10 bits per heavy atom. The van der Waals surface area contributed by atoms with E-state index in [1.54, 1.807) is 12.1 Å². The van der Waals surface area contributed by atoms with E-state index in [1.807, 2.05) is 6.92 Å². The summed E-state index contributed by atoms with van der Waals surface area (Å²) in [5.74, 6) is 0.677. The maximum Gasteiger partial charge on any atom is 0.274 e. The number of nitrogens with one attached hydrogen (secondary N) is 2. The van der Waals surface area contributed by atoms with E-state index in [4.69, 9.17) is 4.42 Å². The second-order valence-electron chi connectivity index (χ2n) is 5.97. The lowest BCUT2D eigenvalue weighted by Crippen LogP contribution is -2.52. The normalized spacial score (nSPS) is 21.6. The quantitative estimate of drug-likeness (QED) is 0.809. The first-order chi connectivity index (χ1) is 9.53. The molecule has 0 aromatic carbocycles. The summed E-state index contributed by atoms with van der Waals surface area (Å²) < 4.78 is 33.0. The van der Waals surface area contributed by atoms with Gasteiger partial charge in [0.1, 0.15) is 5.76 Å². The lowest BCUT2D eigenvalue weighted by Gasteiger charge is -2.41. The van der Waals surface area contributed by atoms with Gasteiger partial charge in [-0.1, -0.05) is 6.92 Å². The summed E-state index contributed by atoms with van der Waals surface area (Å²) in [5.41, 5.74) is -0.252. The van der Waals surface area contributed by atoms with Gasteiger partial charge in [-0.15, -0.1) is 0 Å². The van der Waals surface area contributed by atoms with Crippen molar-refractivity contribution in [1.82, 2.24) is 10.0 Å². The number of hydrogen-bond acceptors (Lipinski definition) is 4. The molecule has 2 aliphatic rings. The van der Waals surface area contributed by atoms with Crippen LogP contribution in [0.15, 0.2) is 21.6 Å². The average molecular weight is 298 g/mol. The second kappa shape index (κ2) is 5.16. The molecule has 1 heterocycles. The van der Waals surface area contributed by atoms with Gasteiger partial charge in [0, 0.05) is 11.6 Å². The first kappa shape index (κ1) is 14.1. The lowest BCUT2D eigenvalue weighted by atomic mass is 9.76. The third-order valence-electron chi connectivity index (χ3n) is 4.38. The van der Waals surface area contributed by atoms with Gasteiger partial charge in [-0.05, 0) is 50.7 Å². The molecule has 2 aliphatic carbocycles. The van der Waals surface area contributed by atoms with Crippen molar-refractivity contribution < 1.29 is 12.8 Å². The highest BCUT2D eigenvalue weighted by Crippen LogP contribution is 2.36. The predicted octanol–water partition coefficient (Wildman–Crippen LogP) is 2.14. The Bertz CT molecular complexity index is 565. The van der Waals surface area contributed by atoms with Gasteiger partial charge >= 0.3 is 0 Å².